The van der Waals surface area contributed by atoms with Crippen molar-refractivity contribution in [1.29, 1.82) is 5.41 Å². The van der Waals surface area contributed by atoms with Gasteiger partial charge in [-0.25, -0.2) is 4.99 Å². The highest BCUT2D eigenvalue weighted by Gasteiger charge is 2.18. The second-order valence-corrected chi connectivity index (χ2v) is 6.34. The summed E-state index contributed by atoms with van der Waals surface area (Å²) < 4.78 is 0. The Balaban J connectivity index is 1.75. The molecule has 0 amide bonds. The third-order valence-electron chi connectivity index (χ3n) is 3.52. The van der Waals surface area contributed by atoms with Gasteiger partial charge in [0.1, 0.15) is 5.84 Å². The Hall–Kier alpha value is -1.29. The molecule has 1 heterocycles. The van der Waals surface area contributed by atoms with Crippen LogP contribution in [0, 0.1) is 5.41 Å². The first-order chi connectivity index (χ1) is 9.72. The minimum absolute atomic E-state index is 0.291. The number of nitrogens with two attached hydrogens (primary N) is 1. The number of nitrogens with zero attached hydrogens (tertiary/aromatic N) is 1. The van der Waals surface area contributed by atoms with E-state index in [4.69, 9.17) is 11.1 Å². The largest absolute Gasteiger partial charge is 0.383 e. The summed E-state index contributed by atoms with van der Waals surface area (Å²) in [6, 6.07) is 6.11. The zero-order valence-corrected chi connectivity index (χ0v) is 12.9. The van der Waals surface area contributed by atoms with E-state index in [0.29, 0.717) is 11.7 Å². The molecule has 0 saturated heterocycles. The molecule has 1 aromatic carbocycles. The molecule has 4 heteroatoms. The van der Waals surface area contributed by atoms with Crippen LogP contribution in [0.1, 0.15) is 56.6 Å². The summed E-state index contributed by atoms with van der Waals surface area (Å²) in [7, 11) is 0. The summed E-state index contributed by atoms with van der Waals surface area (Å²) in [5.74, 6) is 1.91. The lowest BCUT2D eigenvalue weighted by molar-refractivity contribution is 0.627. The Morgan fingerprint density at radius 3 is 2.65 bits per heavy atom. The first-order valence-electron chi connectivity index (χ1n) is 7.42. The molecule has 1 aliphatic heterocycles. The first-order valence-corrected chi connectivity index (χ1v) is 8.41. The number of fused-ring (bicyclic) bond motifs is 1. The van der Waals surface area contributed by atoms with E-state index in [-0.39, 0.29) is 0 Å². The maximum Gasteiger partial charge on any atom is 0.154 e. The Kier molecular flexibility index (Phi) is 5.65. The summed E-state index contributed by atoms with van der Waals surface area (Å²) in [4.78, 5) is 5.22. The third-order valence-corrected chi connectivity index (χ3v) is 4.60. The predicted octanol–water partition coefficient (Wildman–Crippen LogP) is 4.18. The number of rotatable bonds is 8. The fourth-order valence-corrected chi connectivity index (χ4v) is 3.30. The molecule has 1 aromatic rings. The summed E-state index contributed by atoms with van der Waals surface area (Å²) >= 11 is 1.87. The van der Waals surface area contributed by atoms with Crippen LogP contribution in [0.5, 0.6) is 0 Å². The first kappa shape index (κ1) is 15.1. The van der Waals surface area contributed by atoms with Crippen LogP contribution in [-0.2, 0) is 0 Å². The number of benzene rings is 1. The van der Waals surface area contributed by atoms with Crippen LogP contribution in [0.25, 0.3) is 0 Å². The summed E-state index contributed by atoms with van der Waals surface area (Å²) in [5, 5.41) is 7.79. The molecule has 1 aliphatic rings. The van der Waals surface area contributed by atoms with Crippen molar-refractivity contribution < 1.29 is 0 Å². The third kappa shape index (κ3) is 3.85. The maximum atomic E-state index is 7.79. The number of aliphatic imine (C=N–C) groups is 1. The highest BCUT2D eigenvalue weighted by molar-refractivity contribution is 7.99. The predicted molar refractivity (Wildman–Crippen MR) is 88.1 cm³/mol. The Labute approximate surface area is 125 Å². The lowest BCUT2D eigenvalue weighted by atomic mass is 10.1. The van der Waals surface area contributed by atoms with E-state index in [9.17, 15) is 0 Å². The topological polar surface area (TPSA) is 62.2 Å². The van der Waals surface area contributed by atoms with Crippen LogP contribution in [0.2, 0.25) is 0 Å². The van der Waals surface area contributed by atoms with Gasteiger partial charge in [0, 0.05) is 16.0 Å². The van der Waals surface area contributed by atoms with Gasteiger partial charge in [-0.2, -0.15) is 0 Å². The van der Waals surface area contributed by atoms with Gasteiger partial charge in [0.2, 0.25) is 0 Å². The van der Waals surface area contributed by atoms with Crippen LogP contribution in [0.3, 0.4) is 0 Å². The number of amidine groups is 2. The Bertz CT molecular complexity index is 508. The van der Waals surface area contributed by atoms with Crippen molar-refractivity contribution in [3.63, 3.8) is 0 Å². The molecule has 20 heavy (non-hydrogen) atoms. The molecule has 0 aromatic heterocycles. The molecule has 0 aliphatic carbocycles. The smallest absolute Gasteiger partial charge is 0.154 e. The standard InChI is InChI=1S/C16H23N3S/c1-2-3-4-5-6-7-10-20-12-8-9-13-14(11-12)16(18)19-15(13)17/h8-9,11H,2-7,10H2,1H3,(H3,17,18,19). The molecule has 3 N–H and O–H groups in total. The van der Waals surface area contributed by atoms with E-state index >= 15 is 0 Å². The van der Waals surface area contributed by atoms with Gasteiger partial charge >= 0.3 is 0 Å². The average Bonchev–Trinajstić information content (AvgIpc) is 2.73. The Morgan fingerprint density at radius 2 is 1.85 bits per heavy atom. The van der Waals surface area contributed by atoms with Gasteiger partial charge in [0.25, 0.3) is 0 Å². The van der Waals surface area contributed by atoms with E-state index in [1.807, 2.05) is 23.9 Å². The molecule has 0 atom stereocenters. The van der Waals surface area contributed by atoms with Crippen LogP contribution >= 0.6 is 11.8 Å². The fraction of sp³-hybridized carbons (Fsp3) is 0.500. The molecule has 0 bridgehead atoms. The van der Waals surface area contributed by atoms with Gasteiger partial charge in [0.15, 0.2) is 5.84 Å². The molecule has 0 radical (unpaired) electrons. The summed E-state index contributed by atoms with van der Waals surface area (Å²) in [6.07, 6.45) is 7.98. The van der Waals surface area contributed by atoms with E-state index in [1.165, 1.54) is 43.4 Å². The van der Waals surface area contributed by atoms with Crippen molar-refractivity contribution in [2.45, 2.75) is 50.3 Å². The number of hydrogen-bond acceptors (Lipinski definition) is 3. The summed E-state index contributed by atoms with van der Waals surface area (Å²) in [5.41, 5.74) is 7.54. The van der Waals surface area contributed by atoms with Crippen LogP contribution in [0.15, 0.2) is 28.1 Å². The molecular weight excluding hydrogens is 266 g/mol. The minimum atomic E-state index is 0.291. The van der Waals surface area contributed by atoms with Crippen molar-refractivity contribution in [3.8, 4) is 0 Å². The van der Waals surface area contributed by atoms with Crippen molar-refractivity contribution in [2.24, 2.45) is 10.7 Å². The Morgan fingerprint density at radius 1 is 1.10 bits per heavy atom. The van der Waals surface area contributed by atoms with E-state index in [1.54, 1.807) is 0 Å². The quantitative estimate of drug-likeness (QED) is 0.557. The number of thioether (sulfide) groups is 1. The highest BCUT2D eigenvalue weighted by Crippen LogP contribution is 2.26. The molecule has 0 unspecified atom stereocenters. The molecule has 3 nitrogen and oxygen atoms in total. The van der Waals surface area contributed by atoms with Crippen molar-refractivity contribution in [1.82, 2.24) is 0 Å². The SMILES string of the molecule is CCCCCCCCSc1ccc2c(c1)C(=N)N=C2N. The monoisotopic (exact) mass is 289 g/mol. The van der Waals surface area contributed by atoms with Crippen molar-refractivity contribution in [2.75, 3.05) is 5.75 Å². The molecule has 0 saturated carbocycles. The molecule has 0 spiro atoms. The zero-order valence-electron chi connectivity index (χ0n) is 12.1. The van der Waals surface area contributed by atoms with Crippen LogP contribution < -0.4 is 5.73 Å². The number of hydrogen-bond donors (Lipinski definition) is 2. The van der Waals surface area contributed by atoms with Crippen LogP contribution in [0.4, 0.5) is 0 Å². The second kappa shape index (κ2) is 7.48. The van der Waals surface area contributed by atoms with E-state index in [0.717, 1.165) is 16.9 Å². The molecule has 2 rings (SSSR count). The second-order valence-electron chi connectivity index (χ2n) is 5.17. The van der Waals surface area contributed by atoms with Gasteiger partial charge in [-0.3, -0.25) is 5.41 Å². The van der Waals surface area contributed by atoms with Gasteiger partial charge in [0.05, 0.1) is 0 Å². The van der Waals surface area contributed by atoms with Crippen molar-refractivity contribution in [3.05, 3.63) is 29.3 Å². The lowest BCUT2D eigenvalue weighted by Gasteiger charge is -2.05. The molecular formula is C16H23N3S. The van der Waals surface area contributed by atoms with Gasteiger partial charge in [-0.05, 0) is 30.4 Å². The zero-order chi connectivity index (χ0) is 14.4. The minimum Gasteiger partial charge on any atom is -0.383 e. The maximum absolute atomic E-state index is 7.79. The molecule has 108 valence electrons. The van der Waals surface area contributed by atoms with E-state index in [2.05, 4.69) is 18.0 Å². The number of unbranched alkanes of at least 4 members (excludes halogenated alkanes) is 5. The average molecular weight is 289 g/mol. The summed E-state index contributed by atoms with van der Waals surface area (Å²) in [6.45, 7) is 2.25. The van der Waals surface area contributed by atoms with E-state index < -0.39 is 0 Å². The van der Waals surface area contributed by atoms with Crippen LogP contribution in [-0.4, -0.2) is 17.4 Å². The lowest BCUT2D eigenvalue weighted by Crippen LogP contribution is -2.10. The van der Waals surface area contributed by atoms with Gasteiger partial charge < -0.3 is 5.73 Å². The van der Waals surface area contributed by atoms with Crippen molar-refractivity contribution >= 4 is 23.4 Å². The van der Waals surface area contributed by atoms with Gasteiger partial charge in [-0.15, -0.1) is 11.8 Å². The number of nitrogens with one attached hydrogen (secondary N) is 1. The highest BCUT2D eigenvalue weighted by atomic mass is 32.2. The molecule has 0 fully saturated rings. The fourth-order valence-electron chi connectivity index (χ4n) is 2.35. The van der Waals surface area contributed by atoms with Gasteiger partial charge in [-0.1, -0.05) is 39.0 Å². The normalized spacial score (nSPS) is 13.4.